The van der Waals surface area contributed by atoms with Gasteiger partial charge in [0, 0.05) is 18.6 Å². The first-order valence-corrected chi connectivity index (χ1v) is 18.0. The van der Waals surface area contributed by atoms with Crippen LogP contribution in [0.4, 0.5) is 5.95 Å². The van der Waals surface area contributed by atoms with E-state index in [0.29, 0.717) is 28.5 Å². The van der Waals surface area contributed by atoms with Gasteiger partial charge in [-0.25, -0.2) is 9.97 Å². The molecule has 0 amide bonds. The Hall–Kier alpha value is -0.546. The number of hydrogen-bond acceptors (Lipinski definition) is 6. The molecule has 1 N–H and O–H groups in total. The Labute approximate surface area is 209 Å². The highest BCUT2D eigenvalue weighted by Crippen LogP contribution is 2.46. The minimum Gasteiger partial charge on any atom is -0.416 e. The fourth-order valence-electron chi connectivity index (χ4n) is 5.25. The van der Waals surface area contributed by atoms with Crippen molar-refractivity contribution in [3.05, 3.63) is 11.6 Å². The molecule has 1 aliphatic rings. The molecule has 33 heavy (non-hydrogen) atoms. The average molecular weight is 515 g/mol. The third-order valence-corrected chi connectivity index (χ3v) is 18.8. The van der Waals surface area contributed by atoms with Crippen molar-refractivity contribution in [3.8, 4) is 0 Å². The van der Waals surface area contributed by atoms with Gasteiger partial charge in [0.2, 0.25) is 19.5 Å². The van der Waals surface area contributed by atoms with Crippen LogP contribution in [-0.2, 0) is 8.85 Å². The second-order valence-corrected chi connectivity index (χ2v) is 22.8. The lowest BCUT2D eigenvalue weighted by molar-refractivity contribution is 0.0971. The van der Waals surface area contributed by atoms with Gasteiger partial charge < -0.3 is 14.2 Å². The lowest BCUT2D eigenvalue weighted by Gasteiger charge is -2.45. The van der Waals surface area contributed by atoms with Crippen LogP contribution in [0.3, 0.4) is 0 Å². The van der Waals surface area contributed by atoms with Gasteiger partial charge in [-0.15, -0.1) is 0 Å². The summed E-state index contributed by atoms with van der Waals surface area (Å²) in [6, 6.07) is 0.222. The SMILES string of the molecule is CC(C)[Si](O[C@H]1C[C@H](Nc2ncnc(Cl)n2)C[C@@H]1CO[Si](C)(C)C(C)(C)C)(C(C)C)C(C)C. The largest absolute Gasteiger partial charge is 0.416 e. The van der Waals surface area contributed by atoms with Crippen LogP contribution in [0.25, 0.3) is 0 Å². The van der Waals surface area contributed by atoms with Crippen molar-refractivity contribution < 1.29 is 8.85 Å². The third-order valence-electron chi connectivity index (χ3n) is 8.03. The van der Waals surface area contributed by atoms with Crippen LogP contribution in [0.1, 0.15) is 75.2 Å². The predicted octanol–water partition coefficient (Wildman–Crippen LogP) is 7.30. The van der Waals surface area contributed by atoms with Gasteiger partial charge in [0.15, 0.2) is 8.32 Å². The van der Waals surface area contributed by atoms with E-state index in [2.05, 4.69) is 95.7 Å². The van der Waals surface area contributed by atoms with Gasteiger partial charge in [0.05, 0.1) is 6.10 Å². The molecule has 6 nitrogen and oxygen atoms in total. The third kappa shape index (κ3) is 6.78. The highest BCUT2D eigenvalue weighted by Gasteiger charge is 2.50. The van der Waals surface area contributed by atoms with E-state index in [0.717, 1.165) is 19.4 Å². The summed E-state index contributed by atoms with van der Waals surface area (Å²) in [4.78, 5) is 12.4. The lowest BCUT2D eigenvalue weighted by Crippen LogP contribution is -2.51. The molecule has 3 atom stereocenters. The van der Waals surface area contributed by atoms with Gasteiger partial charge in [0.25, 0.3) is 0 Å². The van der Waals surface area contributed by atoms with E-state index in [1.807, 2.05) is 0 Å². The first-order chi connectivity index (χ1) is 15.1. The zero-order chi connectivity index (χ0) is 25.2. The van der Waals surface area contributed by atoms with Crippen molar-refractivity contribution in [1.29, 1.82) is 0 Å². The molecule has 1 aromatic rings. The molecule has 0 saturated heterocycles. The molecule has 9 heteroatoms. The Balaban J connectivity index is 2.28. The fourth-order valence-corrected chi connectivity index (χ4v) is 12.1. The van der Waals surface area contributed by atoms with E-state index < -0.39 is 16.6 Å². The molecule has 0 unspecified atom stereocenters. The summed E-state index contributed by atoms with van der Waals surface area (Å²) in [5.74, 6) is 0.877. The van der Waals surface area contributed by atoms with Crippen LogP contribution in [-0.4, -0.2) is 50.3 Å². The molecule has 1 fully saturated rings. The highest BCUT2D eigenvalue weighted by molar-refractivity contribution is 6.77. The maximum Gasteiger partial charge on any atom is 0.227 e. The van der Waals surface area contributed by atoms with Crippen LogP contribution in [0.5, 0.6) is 0 Å². The van der Waals surface area contributed by atoms with E-state index in [4.69, 9.17) is 20.5 Å². The number of hydrogen-bond donors (Lipinski definition) is 1. The van der Waals surface area contributed by atoms with Crippen molar-refractivity contribution in [2.45, 2.75) is 122 Å². The number of aromatic nitrogens is 3. The van der Waals surface area contributed by atoms with E-state index in [1.54, 1.807) is 0 Å². The molecule has 0 spiro atoms. The summed E-state index contributed by atoms with van der Waals surface area (Å²) in [5, 5.41) is 3.89. The molecule has 1 saturated carbocycles. The zero-order valence-electron chi connectivity index (χ0n) is 22.7. The summed E-state index contributed by atoms with van der Waals surface area (Å²) in [6.07, 6.45) is 3.52. The molecule has 1 aromatic heterocycles. The number of nitrogens with zero attached hydrogens (tertiary/aromatic N) is 3. The van der Waals surface area contributed by atoms with Crippen molar-refractivity contribution in [2.24, 2.45) is 5.92 Å². The van der Waals surface area contributed by atoms with E-state index in [-0.39, 0.29) is 22.5 Å². The molecule has 2 rings (SSSR count). The Morgan fingerprint density at radius 2 is 1.61 bits per heavy atom. The lowest BCUT2D eigenvalue weighted by atomic mass is 10.1. The minimum atomic E-state index is -2.01. The Morgan fingerprint density at radius 3 is 2.09 bits per heavy atom. The summed E-state index contributed by atoms with van der Waals surface area (Å²) < 4.78 is 14.0. The molecular weight excluding hydrogens is 468 g/mol. The molecular formula is C24H47ClN4O2Si2. The molecule has 0 radical (unpaired) electrons. The number of anilines is 1. The van der Waals surface area contributed by atoms with Crippen LogP contribution >= 0.6 is 11.6 Å². The zero-order valence-corrected chi connectivity index (χ0v) is 25.5. The van der Waals surface area contributed by atoms with Gasteiger partial charge in [-0.2, -0.15) is 4.98 Å². The van der Waals surface area contributed by atoms with Crippen LogP contribution in [0, 0.1) is 5.92 Å². The molecule has 1 heterocycles. The number of rotatable bonds is 10. The van der Waals surface area contributed by atoms with Crippen LogP contribution in [0.15, 0.2) is 6.33 Å². The van der Waals surface area contributed by atoms with Crippen LogP contribution in [0.2, 0.25) is 40.0 Å². The summed E-state index contributed by atoms with van der Waals surface area (Å²) in [5.41, 5.74) is 1.65. The second kappa shape index (κ2) is 11.0. The molecule has 190 valence electrons. The van der Waals surface area contributed by atoms with Crippen molar-refractivity contribution in [1.82, 2.24) is 15.0 Å². The summed E-state index contributed by atoms with van der Waals surface area (Å²) in [6.45, 7) is 26.4. The van der Waals surface area contributed by atoms with Crippen molar-refractivity contribution >= 4 is 34.2 Å². The average Bonchev–Trinajstić information content (AvgIpc) is 3.03. The second-order valence-electron chi connectivity index (χ2n) is 12.2. The molecule has 1 aliphatic carbocycles. The number of halogens is 1. The van der Waals surface area contributed by atoms with Gasteiger partial charge in [-0.1, -0.05) is 62.3 Å². The first-order valence-electron chi connectivity index (χ1n) is 12.5. The monoisotopic (exact) mass is 514 g/mol. The first kappa shape index (κ1) is 28.7. The van der Waals surface area contributed by atoms with Gasteiger partial charge in [0.1, 0.15) is 6.33 Å². The van der Waals surface area contributed by atoms with Crippen molar-refractivity contribution in [2.75, 3.05) is 11.9 Å². The van der Waals surface area contributed by atoms with E-state index >= 15 is 0 Å². The minimum absolute atomic E-state index is 0.170. The number of nitrogens with one attached hydrogen (secondary N) is 1. The maximum atomic E-state index is 7.29. The highest BCUT2D eigenvalue weighted by atomic mass is 35.5. The fraction of sp³-hybridized carbons (Fsp3) is 0.875. The van der Waals surface area contributed by atoms with Crippen molar-refractivity contribution in [3.63, 3.8) is 0 Å². The van der Waals surface area contributed by atoms with Gasteiger partial charge >= 0.3 is 0 Å². The Kier molecular flexibility index (Phi) is 9.58. The van der Waals surface area contributed by atoms with Gasteiger partial charge in [-0.05, 0) is 59.2 Å². The Bertz CT molecular complexity index is 749. The molecule has 0 aliphatic heterocycles. The quantitative estimate of drug-likeness (QED) is 0.330. The van der Waals surface area contributed by atoms with Crippen LogP contribution < -0.4 is 5.32 Å². The predicted molar refractivity (Wildman–Crippen MR) is 144 cm³/mol. The maximum absolute atomic E-state index is 7.29. The molecule has 0 aromatic carbocycles. The topological polar surface area (TPSA) is 69.2 Å². The Morgan fingerprint density at radius 1 is 1.03 bits per heavy atom. The van der Waals surface area contributed by atoms with E-state index in [1.165, 1.54) is 6.33 Å². The van der Waals surface area contributed by atoms with E-state index in [9.17, 15) is 0 Å². The normalized spacial score (nSPS) is 22.6. The van der Waals surface area contributed by atoms with Gasteiger partial charge in [-0.3, -0.25) is 0 Å². The summed E-state index contributed by atoms with van der Waals surface area (Å²) in [7, 11) is -3.86. The molecule has 0 bridgehead atoms. The standard InChI is InChI=1S/C24H47ClN4O2Si2/c1-16(2)33(17(3)4,18(5)6)31-21-13-20(28-23-27-15-26-22(25)29-23)12-19(21)14-30-32(10,11)24(7,8)9/h15-21H,12-14H2,1-11H3,(H,26,27,28,29)/t19-,20-,21+/m1/s1. The smallest absolute Gasteiger partial charge is 0.227 e. The summed E-state index contributed by atoms with van der Waals surface area (Å²) >= 11 is 5.99.